The normalized spacial score (nSPS) is 16.6. The van der Waals surface area contributed by atoms with Crippen LogP contribution in [0.15, 0.2) is 30.5 Å². The predicted octanol–water partition coefficient (Wildman–Crippen LogP) is 2.15. The number of carbonyl (C=O) groups is 1. The summed E-state index contributed by atoms with van der Waals surface area (Å²) in [5.41, 5.74) is 2.00. The molecule has 126 valence electrons. The fourth-order valence-electron chi connectivity index (χ4n) is 2.96. The first-order valence-electron chi connectivity index (χ1n) is 8.28. The third-order valence-electron chi connectivity index (χ3n) is 4.43. The molecule has 1 aliphatic rings. The number of aromatic nitrogens is 3. The molecule has 0 bridgehead atoms. The molecule has 24 heavy (non-hydrogen) atoms. The molecule has 1 atom stereocenters. The van der Waals surface area contributed by atoms with Crippen molar-refractivity contribution in [1.29, 1.82) is 0 Å². The number of amides is 1. The van der Waals surface area contributed by atoms with E-state index in [9.17, 15) is 4.79 Å². The zero-order valence-corrected chi connectivity index (χ0v) is 14.4. The highest BCUT2D eigenvalue weighted by atomic mass is 16.2. The first-order valence-corrected chi connectivity index (χ1v) is 8.28. The van der Waals surface area contributed by atoms with E-state index < -0.39 is 0 Å². The summed E-state index contributed by atoms with van der Waals surface area (Å²) in [4.78, 5) is 29.1. The molecule has 0 aliphatic carbocycles. The van der Waals surface area contributed by atoms with Crippen molar-refractivity contribution in [3.05, 3.63) is 47.7 Å². The fourth-order valence-corrected chi connectivity index (χ4v) is 2.96. The van der Waals surface area contributed by atoms with Gasteiger partial charge in [-0.3, -0.25) is 9.78 Å². The maximum absolute atomic E-state index is 11.6. The Bertz CT molecular complexity index is 719. The highest BCUT2D eigenvalue weighted by molar-refractivity contribution is 5.74. The SMILES string of the molecule is CC(=O)N1CC[C@H]1c1cc(N(C)CCc2ccccn2)nc(C)n1. The van der Waals surface area contributed by atoms with Crippen LogP contribution < -0.4 is 4.90 Å². The highest BCUT2D eigenvalue weighted by Gasteiger charge is 2.33. The average Bonchev–Trinajstić information content (AvgIpc) is 2.51. The number of likely N-dealkylation sites (N-methyl/N-ethyl adjacent to an activating group) is 1. The third-order valence-corrected chi connectivity index (χ3v) is 4.43. The maximum atomic E-state index is 11.6. The summed E-state index contributed by atoms with van der Waals surface area (Å²) in [6, 6.07) is 8.05. The Kier molecular flexibility index (Phi) is 4.74. The molecule has 0 unspecified atom stereocenters. The number of hydrogen-bond donors (Lipinski definition) is 0. The molecule has 2 aromatic rings. The van der Waals surface area contributed by atoms with E-state index in [0.29, 0.717) is 0 Å². The Balaban J connectivity index is 1.72. The molecule has 0 spiro atoms. The number of rotatable bonds is 5. The van der Waals surface area contributed by atoms with Gasteiger partial charge in [0.2, 0.25) is 5.91 Å². The molecule has 6 nitrogen and oxygen atoms in total. The van der Waals surface area contributed by atoms with Gasteiger partial charge in [-0.05, 0) is 25.5 Å². The minimum atomic E-state index is 0.0899. The van der Waals surface area contributed by atoms with Crippen molar-refractivity contribution in [2.24, 2.45) is 0 Å². The Morgan fingerprint density at radius 2 is 2.21 bits per heavy atom. The largest absolute Gasteiger partial charge is 0.359 e. The molecule has 1 fully saturated rings. The summed E-state index contributed by atoms with van der Waals surface area (Å²) >= 11 is 0. The molecule has 1 amide bonds. The summed E-state index contributed by atoms with van der Waals surface area (Å²) in [7, 11) is 2.03. The Hall–Kier alpha value is -2.50. The second kappa shape index (κ2) is 6.95. The van der Waals surface area contributed by atoms with E-state index in [1.54, 1.807) is 6.92 Å². The number of hydrogen-bond acceptors (Lipinski definition) is 5. The molecule has 0 radical (unpaired) electrons. The lowest BCUT2D eigenvalue weighted by Gasteiger charge is -2.40. The molecule has 0 aromatic carbocycles. The van der Waals surface area contributed by atoms with Crippen LogP contribution in [0.5, 0.6) is 0 Å². The van der Waals surface area contributed by atoms with Crippen LogP contribution in [0.25, 0.3) is 0 Å². The fraction of sp³-hybridized carbons (Fsp3) is 0.444. The van der Waals surface area contributed by atoms with Crippen LogP contribution in [0, 0.1) is 6.92 Å². The third kappa shape index (κ3) is 3.53. The lowest BCUT2D eigenvalue weighted by molar-refractivity contribution is -0.136. The van der Waals surface area contributed by atoms with Gasteiger partial charge < -0.3 is 9.80 Å². The molecule has 3 heterocycles. The minimum Gasteiger partial charge on any atom is -0.359 e. The summed E-state index contributed by atoms with van der Waals surface area (Å²) in [6.07, 6.45) is 3.64. The number of likely N-dealkylation sites (tertiary alicyclic amines) is 1. The highest BCUT2D eigenvalue weighted by Crippen LogP contribution is 2.33. The maximum Gasteiger partial charge on any atom is 0.220 e. The van der Waals surface area contributed by atoms with E-state index in [0.717, 1.165) is 49.0 Å². The van der Waals surface area contributed by atoms with Crippen molar-refractivity contribution in [2.75, 3.05) is 25.0 Å². The number of anilines is 1. The number of pyridine rings is 1. The van der Waals surface area contributed by atoms with Gasteiger partial charge in [0.1, 0.15) is 11.6 Å². The van der Waals surface area contributed by atoms with Crippen LogP contribution in [0.3, 0.4) is 0 Å². The Morgan fingerprint density at radius 1 is 1.38 bits per heavy atom. The van der Waals surface area contributed by atoms with Crippen LogP contribution in [-0.2, 0) is 11.2 Å². The summed E-state index contributed by atoms with van der Waals surface area (Å²) < 4.78 is 0. The van der Waals surface area contributed by atoms with E-state index in [4.69, 9.17) is 0 Å². The van der Waals surface area contributed by atoms with Crippen molar-refractivity contribution in [1.82, 2.24) is 19.9 Å². The van der Waals surface area contributed by atoms with E-state index in [-0.39, 0.29) is 11.9 Å². The second-order valence-electron chi connectivity index (χ2n) is 6.21. The quantitative estimate of drug-likeness (QED) is 0.843. The molecular formula is C18H23N5O. The van der Waals surface area contributed by atoms with Gasteiger partial charge >= 0.3 is 0 Å². The monoisotopic (exact) mass is 325 g/mol. The second-order valence-corrected chi connectivity index (χ2v) is 6.21. The topological polar surface area (TPSA) is 62.2 Å². The van der Waals surface area contributed by atoms with Gasteiger partial charge in [0.25, 0.3) is 0 Å². The van der Waals surface area contributed by atoms with Crippen molar-refractivity contribution in [2.45, 2.75) is 32.7 Å². The van der Waals surface area contributed by atoms with Crippen molar-refractivity contribution < 1.29 is 4.79 Å². The molecule has 1 aliphatic heterocycles. The van der Waals surface area contributed by atoms with Crippen molar-refractivity contribution >= 4 is 11.7 Å². The van der Waals surface area contributed by atoms with Crippen molar-refractivity contribution in [3.63, 3.8) is 0 Å². The van der Waals surface area contributed by atoms with Crippen LogP contribution in [0.2, 0.25) is 0 Å². The van der Waals surface area contributed by atoms with Crippen LogP contribution in [-0.4, -0.2) is 45.9 Å². The minimum absolute atomic E-state index is 0.0899. The summed E-state index contributed by atoms with van der Waals surface area (Å²) in [5.74, 6) is 1.74. The van der Waals surface area contributed by atoms with Gasteiger partial charge in [-0.15, -0.1) is 0 Å². The average molecular weight is 325 g/mol. The Labute approximate surface area is 142 Å². The van der Waals surface area contributed by atoms with Gasteiger partial charge in [0.05, 0.1) is 11.7 Å². The standard InChI is InChI=1S/C18H23N5O/c1-13-20-16(17-8-11-23(17)14(2)24)12-18(21-13)22(3)10-7-15-6-4-5-9-19-15/h4-6,9,12,17H,7-8,10-11H2,1-3H3/t17-/m0/s1. The van der Waals surface area contributed by atoms with E-state index >= 15 is 0 Å². The number of carbonyl (C=O) groups excluding carboxylic acids is 1. The Morgan fingerprint density at radius 3 is 2.83 bits per heavy atom. The van der Waals surface area contributed by atoms with Crippen LogP contribution >= 0.6 is 0 Å². The zero-order valence-electron chi connectivity index (χ0n) is 14.4. The van der Waals surface area contributed by atoms with E-state index in [2.05, 4.69) is 19.9 Å². The van der Waals surface area contributed by atoms with E-state index in [1.807, 2.05) is 49.3 Å². The van der Waals surface area contributed by atoms with Gasteiger partial charge in [0.15, 0.2) is 0 Å². The summed E-state index contributed by atoms with van der Waals surface area (Å²) in [6.45, 7) is 5.15. The zero-order chi connectivity index (χ0) is 17.1. The molecular weight excluding hydrogens is 302 g/mol. The molecule has 0 N–H and O–H groups in total. The van der Waals surface area contributed by atoms with Gasteiger partial charge in [-0.1, -0.05) is 6.07 Å². The number of aryl methyl sites for hydroxylation is 1. The van der Waals surface area contributed by atoms with Gasteiger partial charge in [-0.2, -0.15) is 0 Å². The summed E-state index contributed by atoms with van der Waals surface area (Å²) in [5, 5.41) is 0. The first kappa shape index (κ1) is 16.4. The lowest BCUT2D eigenvalue weighted by atomic mass is 9.99. The van der Waals surface area contributed by atoms with Crippen molar-refractivity contribution in [3.8, 4) is 0 Å². The van der Waals surface area contributed by atoms with Crippen LogP contribution in [0.4, 0.5) is 5.82 Å². The molecule has 0 saturated carbocycles. The van der Waals surface area contributed by atoms with Crippen LogP contribution in [0.1, 0.15) is 36.6 Å². The van der Waals surface area contributed by atoms with Gasteiger partial charge in [0, 0.05) is 51.4 Å². The van der Waals surface area contributed by atoms with E-state index in [1.165, 1.54) is 0 Å². The molecule has 1 saturated heterocycles. The molecule has 6 heteroatoms. The molecule has 2 aromatic heterocycles. The smallest absolute Gasteiger partial charge is 0.220 e. The first-order chi connectivity index (χ1) is 11.5. The predicted molar refractivity (Wildman–Crippen MR) is 92.7 cm³/mol. The lowest BCUT2D eigenvalue weighted by Crippen LogP contribution is -2.44. The number of nitrogens with zero attached hydrogens (tertiary/aromatic N) is 5. The molecule has 3 rings (SSSR count). The van der Waals surface area contributed by atoms with Gasteiger partial charge in [-0.25, -0.2) is 9.97 Å².